The van der Waals surface area contributed by atoms with Gasteiger partial charge in [-0.2, -0.15) is 5.10 Å². The summed E-state index contributed by atoms with van der Waals surface area (Å²) in [7, 11) is 1.64. The molecule has 0 radical (unpaired) electrons. The number of nitrogens with zero attached hydrogens (tertiary/aromatic N) is 2. The summed E-state index contributed by atoms with van der Waals surface area (Å²) in [4.78, 5) is 0. The molecule has 12 heavy (non-hydrogen) atoms. The van der Waals surface area contributed by atoms with Gasteiger partial charge < -0.3 is 5.73 Å². The normalized spacial score (nSPS) is 19.6. The summed E-state index contributed by atoms with van der Waals surface area (Å²) in [6, 6.07) is 0. The van der Waals surface area contributed by atoms with Crippen molar-refractivity contribution in [2.45, 2.75) is 18.8 Å². The van der Waals surface area contributed by atoms with Crippen molar-refractivity contribution in [3.8, 4) is 0 Å². The molecule has 0 saturated carbocycles. The van der Waals surface area contributed by atoms with Crippen LogP contribution in [0.2, 0.25) is 0 Å². The molecule has 0 aromatic carbocycles. The molecule has 0 aliphatic heterocycles. The van der Waals surface area contributed by atoms with Crippen LogP contribution in [-0.4, -0.2) is 9.78 Å². The Balaban J connectivity index is 2.65. The summed E-state index contributed by atoms with van der Waals surface area (Å²) in [5.41, 5.74) is 5.86. The molecule has 1 aliphatic rings. The molecule has 0 amide bonds. The lowest BCUT2D eigenvalue weighted by Gasteiger charge is -2.07. The minimum absolute atomic E-state index is 0.0324. The maximum Gasteiger partial charge on any atom is 0.278 e. The highest BCUT2D eigenvalue weighted by molar-refractivity contribution is 5.48. The fourth-order valence-electron chi connectivity index (χ4n) is 1.67. The standard InChI is InChI=1S/C7H9F2N3/c1-12-4-2-3-7(8,9)5(4)6(10)11-12/h2-3H2,1H3,(H2,10,11). The lowest BCUT2D eigenvalue weighted by molar-refractivity contribution is -0.00122. The molecule has 0 saturated heterocycles. The van der Waals surface area contributed by atoms with Crippen LogP contribution in [0.15, 0.2) is 0 Å². The second-order valence-corrected chi connectivity index (χ2v) is 3.03. The third kappa shape index (κ3) is 0.761. The summed E-state index contributed by atoms with van der Waals surface area (Å²) in [6.07, 6.45) is 0.223. The van der Waals surface area contributed by atoms with Crippen LogP contribution in [0.25, 0.3) is 0 Å². The summed E-state index contributed by atoms with van der Waals surface area (Å²) in [5.74, 6) is -2.80. The second-order valence-electron chi connectivity index (χ2n) is 3.03. The lowest BCUT2D eigenvalue weighted by Crippen LogP contribution is -2.09. The van der Waals surface area contributed by atoms with E-state index in [2.05, 4.69) is 5.10 Å². The van der Waals surface area contributed by atoms with Gasteiger partial charge in [0.1, 0.15) is 0 Å². The molecule has 0 spiro atoms. The summed E-state index contributed by atoms with van der Waals surface area (Å²) >= 11 is 0. The Hall–Kier alpha value is -1.13. The van der Waals surface area contributed by atoms with Crippen LogP contribution >= 0.6 is 0 Å². The van der Waals surface area contributed by atoms with Gasteiger partial charge in [0.2, 0.25) is 0 Å². The molecule has 2 N–H and O–H groups in total. The minimum Gasteiger partial charge on any atom is -0.382 e. The molecule has 0 unspecified atom stereocenters. The fraction of sp³-hybridized carbons (Fsp3) is 0.571. The van der Waals surface area contributed by atoms with E-state index in [1.165, 1.54) is 4.68 Å². The Morgan fingerprint density at radius 2 is 2.25 bits per heavy atom. The van der Waals surface area contributed by atoms with E-state index >= 15 is 0 Å². The van der Waals surface area contributed by atoms with Crippen LogP contribution in [0, 0.1) is 0 Å². The van der Waals surface area contributed by atoms with Gasteiger partial charge in [0.05, 0.1) is 5.56 Å². The maximum atomic E-state index is 13.1. The highest BCUT2D eigenvalue weighted by atomic mass is 19.3. The van der Waals surface area contributed by atoms with E-state index in [0.717, 1.165) is 0 Å². The highest BCUT2D eigenvalue weighted by Crippen LogP contribution is 2.44. The number of hydrogen-bond acceptors (Lipinski definition) is 2. The Morgan fingerprint density at radius 1 is 1.58 bits per heavy atom. The van der Waals surface area contributed by atoms with Crippen LogP contribution < -0.4 is 5.73 Å². The molecule has 1 aromatic heterocycles. The predicted octanol–water partition coefficient (Wildman–Crippen LogP) is 1.04. The van der Waals surface area contributed by atoms with E-state index in [1.54, 1.807) is 7.05 Å². The number of nitrogens with two attached hydrogens (primary N) is 1. The van der Waals surface area contributed by atoms with Gasteiger partial charge in [-0.05, 0) is 6.42 Å². The quantitative estimate of drug-likeness (QED) is 0.637. The SMILES string of the molecule is Cn1nc(N)c2c1CCC2(F)F. The number of hydrogen-bond donors (Lipinski definition) is 1. The Morgan fingerprint density at radius 3 is 2.83 bits per heavy atom. The number of alkyl halides is 2. The molecule has 0 bridgehead atoms. The van der Waals surface area contributed by atoms with Gasteiger partial charge in [-0.1, -0.05) is 0 Å². The zero-order valence-electron chi connectivity index (χ0n) is 6.64. The number of rotatable bonds is 0. The number of aromatic nitrogens is 2. The van der Waals surface area contributed by atoms with Crippen molar-refractivity contribution in [1.82, 2.24) is 9.78 Å². The number of nitrogen functional groups attached to an aromatic ring is 1. The van der Waals surface area contributed by atoms with Crippen molar-refractivity contribution in [1.29, 1.82) is 0 Å². The van der Waals surface area contributed by atoms with Crippen LogP contribution in [0.5, 0.6) is 0 Å². The zero-order chi connectivity index (χ0) is 8.93. The lowest BCUT2D eigenvalue weighted by atomic mass is 10.2. The first kappa shape index (κ1) is 7.52. The predicted molar refractivity (Wildman–Crippen MR) is 39.8 cm³/mol. The molecule has 66 valence electrons. The van der Waals surface area contributed by atoms with Crippen LogP contribution in [0.1, 0.15) is 17.7 Å². The van der Waals surface area contributed by atoms with Crippen molar-refractivity contribution in [2.24, 2.45) is 7.05 Å². The third-order valence-corrected chi connectivity index (χ3v) is 2.23. The number of aryl methyl sites for hydroxylation is 1. The van der Waals surface area contributed by atoms with Crippen molar-refractivity contribution < 1.29 is 8.78 Å². The topological polar surface area (TPSA) is 43.8 Å². The molecule has 5 heteroatoms. The van der Waals surface area contributed by atoms with Gasteiger partial charge in [-0.3, -0.25) is 4.68 Å². The number of fused-ring (bicyclic) bond motifs is 1. The van der Waals surface area contributed by atoms with E-state index in [1.807, 2.05) is 0 Å². The molecule has 3 nitrogen and oxygen atoms in total. The summed E-state index contributed by atoms with van der Waals surface area (Å²) < 4.78 is 27.6. The van der Waals surface area contributed by atoms with E-state index < -0.39 is 5.92 Å². The van der Waals surface area contributed by atoms with Crippen molar-refractivity contribution in [2.75, 3.05) is 5.73 Å². The van der Waals surface area contributed by atoms with Crippen molar-refractivity contribution in [3.63, 3.8) is 0 Å². The van der Waals surface area contributed by atoms with Crippen molar-refractivity contribution in [3.05, 3.63) is 11.3 Å². The monoisotopic (exact) mass is 173 g/mol. The number of anilines is 1. The average molecular weight is 173 g/mol. The maximum absolute atomic E-state index is 13.1. The first-order valence-corrected chi connectivity index (χ1v) is 3.72. The average Bonchev–Trinajstić information content (AvgIpc) is 2.37. The minimum atomic E-state index is -2.77. The smallest absolute Gasteiger partial charge is 0.278 e. The van der Waals surface area contributed by atoms with E-state index in [4.69, 9.17) is 5.73 Å². The summed E-state index contributed by atoms with van der Waals surface area (Å²) in [6.45, 7) is 0. The second kappa shape index (κ2) is 1.97. The third-order valence-electron chi connectivity index (χ3n) is 2.23. The molecule has 1 aliphatic carbocycles. The van der Waals surface area contributed by atoms with Gasteiger partial charge in [-0.25, -0.2) is 8.78 Å². The van der Waals surface area contributed by atoms with Gasteiger partial charge in [0.25, 0.3) is 5.92 Å². The summed E-state index contributed by atoms with van der Waals surface area (Å²) in [5, 5.41) is 3.74. The molecular formula is C7H9F2N3. The zero-order valence-corrected chi connectivity index (χ0v) is 6.64. The van der Waals surface area contributed by atoms with Gasteiger partial charge >= 0.3 is 0 Å². The Kier molecular flexibility index (Phi) is 1.23. The molecule has 0 fully saturated rings. The van der Waals surface area contributed by atoms with Gasteiger partial charge in [0, 0.05) is 19.2 Å². The number of halogens is 2. The highest BCUT2D eigenvalue weighted by Gasteiger charge is 2.43. The molecule has 1 heterocycles. The van der Waals surface area contributed by atoms with Gasteiger partial charge in [0.15, 0.2) is 5.82 Å². The Bertz CT molecular complexity index is 330. The fourth-order valence-corrected chi connectivity index (χ4v) is 1.67. The van der Waals surface area contributed by atoms with E-state index in [9.17, 15) is 8.78 Å². The largest absolute Gasteiger partial charge is 0.382 e. The Labute approximate surface area is 68.2 Å². The van der Waals surface area contributed by atoms with E-state index in [-0.39, 0.29) is 17.8 Å². The van der Waals surface area contributed by atoms with Crippen LogP contribution in [0.3, 0.4) is 0 Å². The van der Waals surface area contributed by atoms with Crippen LogP contribution in [0.4, 0.5) is 14.6 Å². The van der Waals surface area contributed by atoms with Crippen molar-refractivity contribution >= 4 is 5.82 Å². The van der Waals surface area contributed by atoms with Gasteiger partial charge in [-0.15, -0.1) is 0 Å². The molecule has 1 aromatic rings. The molecular weight excluding hydrogens is 164 g/mol. The molecule has 0 atom stereocenters. The first-order chi connectivity index (χ1) is 5.52. The first-order valence-electron chi connectivity index (χ1n) is 3.72. The van der Waals surface area contributed by atoms with Crippen LogP contribution in [-0.2, 0) is 19.4 Å². The van der Waals surface area contributed by atoms with E-state index in [0.29, 0.717) is 12.1 Å². The molecule has 2 rings (SSSR count).